The number of nitrogens with zero attached hydrogens (tertiary/aromatic N) is 1. The monoisotopic (exact) mass is 292 g/mol. The second kappa shape index (κ2) is 5.29. The standard InChI is InChI=1S/C13H13BrN2O/c1-17-13-9(8-15)6-7-12(16-13)10-4-2-3-5-11(10)14/h2-7H,8,15H2,1H3. The topological polar surface area (TPSA) is 48.1 Å². The number of pyridine rings is 1. The minimum absolute atomic E-state index is 0.423. The highest BCUT2D eigenvalue weighted by Crippen LogP contribution is 2.28. The third kappa shape index (κ3) is 2.48. The molecule has 0 saturated carbocycles. The van der Waals surface area contributed by atoms with E-state index in [-0.39, 0.29) is 0 Å². The molecule has 0 atom stereocenters. The van der Waals surface area contributed by atoms with Crippen LogP contribution in [0.15, 0.2) is 40.9 Å². The number of methoxy groups -OCH3 is 1. The molecule has 0 aliphatic carbocycles. The summed E-state index contributed by atoms with van der Waals surface area (Å²) < 4.78 is 6.24. The van der Waals surface area contributed by atoms with Gasteiger partial charge in [0, 0.05) is 22.1 Å². The number of benzene rings is 1. The van der Waals surface area contributed by atoms with Crippen LogP contribution in [-0.4, -0.2) is 12.1 Å². The first-order valence-corrected chi connectivity index (χ1v) is 6.04. The van der Waals surface area contributed by atoms with Gasteiger partial charge in [-0.1, -0.05) is 40.2 Å². The Bertz CT molecular complexity index is 529. The first kappa shape index (κ1) is 12.1. The van der Waals surface area contributed by atoms with Crippen molar-refractivity contribution in [3.8, 4) is 17.1 Å². The minimum atomic E-state index is 0.423. The van der Waals surface area contributed by atoms with Gasteiger partial charge in [-0.3, -0.25) is 0 Å². The maximum absolute atomic E-state index is 5.62. The fourth-order valence-corrected chi connectivity index (χ4v) is 2.11. The summed E-state index contributed by atoms with van der Waals surface area (Å²) in [6.45, 7) is 0.423. The van der Waals surface area contributed by atoms with Crippen molar-refractivity contribution in [2.75, 3.05) is 7.11 Å². The number of ether oxygens (including phenoxy) is 1. The lowest BCUT2D eigenvalue weighted by Gasteiger charge is -2.09. The summed E-state index contributed by atoms with van der Waals surface area (Å²) in [6.07, 6.45) is 0. The molecule has 17 heavy (non-hydrogen) atoms. The molecule has 2 rings (SSSR count). The van der Waals surface area contributed by atoms with E-state index in [1.165, 1.54) is 0 Å². The Kier molecular flexibility index (Phi) is 3.76. The van der Waals surface area contributed by atoms with Gasteiger partial charge in [-0.05, 0) is 12.1 Å². The molecule has 3 nitrogen and oxygen atoms in total. The van der Waals surface area contributed by atoms with Crippen LogP contribution in [0.2, 0.25) is 0 Å². The Balaban J connectivity index is 2.50. The molecule has 0 saturated heterocycles. The van der Waals surface area contributed by atoms with Crippen LogP contribution in [-0.2, 0) is 6.54 Å². The van der Waals surface area contributed by atoms with E-state index in [0.29, 0.717) is 12.4 Å². The molecule has 0 spiro atoms. The van der Waals surface area contributed by atoms with Crippen LogP contribution >= 0.6 is 15.9 Å². The summed E-state index contributed by atoms with van der Waals surface area (Å²) >= 11 is 3.51. The van der Waals surface area contributed by atoms with Gasteiger partial charge < -0.3 is 10.5 Å². The molecule has 0 aliphatic rings. The summed E-state index contributed by atoms with van der Waals surface area (Å²) in [6, 6.07) is 11.8. The SMILES string of the molecule is COc1nc(-c2ccccc2Br)ccc1CN. The predicted octanol–water partition coefficient (Wildman–Crippen LogP) is 2.98. The summed E-state index contributed by atoms with van der Waals surface area (Å²) in [4.78, 5) is 4.46. The molecule has 88 valence electrons. The average Bonchev–Trinajstić information content (AvgIpc) is 2.38. The van der Waals surface area contributed by atoms with E-state index in [0.717, 1.165) is 21.3 Å². The molecule has 0 bridgehead atoms. The van der Waals surface area contributed by atoms with Gasteiger partial charge in [0.15, 0.2) is 0 Å². The molecule has 1 aromatic heterocycles. The van der Waals surface area contributed by atoms with E-state index in [1.807, 2.05) is 36.4 Å². The second-order valence-electron chi connectivity index (χ2n) is 3.55. The van der Waals surface area contributed by atoms with Gasteiger partial charge in [-0.2, -0.15) is 0 Å². The zero-order valence-corrected chi connectivity index (χ0v) is 11.1. The van der Waals surface area contributed by atoms with Crippen LogP contribution in [0, 0.1) is 0 Å². The van der Waals surface area contributed by atoms with Gasteiger partial charge in [0.25, 0.3) is 0 Å². The van der Waals surface area contributed by atoms with Crippen molar-refractivity contribution in [2.45, 2.75) is 6.54 Å². The normalized spacial score (nSPS) is 10.3. The average molecular weight is 293 g/mol. The Labute approximate surface area is 109 Å². The van der Waals surface area contributed by atoms with Crippen molar-refractivity contribution in [3.05, 3.63) is 46.4 Å². The maximum atomic E-state index is 5.62. The Morgan fingerprint density at radius 2 is 2.00 bits per heavy atom. The molecule has 4 heteroatoms. The Hall–Kier alpha value is -1.39. The van der Waals surface area contributed by atoms with Crippen LogP contribution in [0.4, 0.5) is 0 Å². The highest BCUT2D eigenvalue weighted by molar-refractivity contribution is 9.10. The minimum Gasteiger partial charge on any atom is -0.481 e. The summed E-state index contributed by atoms with van der Waals surface area (Å²) in [7, 11) is 1.60. The van der Waals surface area contributed by atoms with Gasteiger partial charge in [-0.25, -0.2) is 4.98 Å². The van der Waals surface area contributed by atoms with E-state index < -0.39 is 0 Å². The Morgan fingerprint density at radius 3 is 2.65 bits per heavy atom. The van der Waals surface area contributed by atoms with Gasteiger partial charge in [-0.15, -0.1) is 0 Å². The molecule has 1 heterocycles. The number of rotatable bonds is 3. The highest BCUT2D eigenvalue weighted by atomic mass is 79.9. The van der Waals surface area contributed by atoms with Gasteiger partial charge in [0.1, 0.15) is 0 Å². The van der Waals surface area contributed by atoms with Gasteiger partial charge in [0.05, 0.1) is 12.8 Å². The number of halogens is 1. The van der Waals surface area contributed by atoms with Crippen LogP contribution in [0.5, 0.6) is 5.88 Å². The third-order valence-electron chi connectivity index (χ3n) is 2.50. The fourth-order valence-electron chi connectivity index (χ4n) is 1.62. The molecular formula is C13H13BrN2O. The third-order valence-corrected chi connectivity index (χ3v) is 3.19. The number of hydrogen-bond acceptors (Lipinski definition) is 3. The molecule has 2 aromatic rings. The van der Waals surface area contributed by atoms with Crippen LogP contribution in [0.25, 0.3) is 11.3 Å². The van der Waals surface area contributed by atoms with Crippen molar-refractivity contribution in [2.24, 2.45) is 5.73 Å². The van der Waals surface area contributed by atoms with Gasteiger partial charge >= 0.3 is 0 Å². The van der Waals surface area contributed by atoms with E-state index >= 15 is 0 Å². The van der Waals surface area contributed by atoms with Crippen molar-refractivity contribution in [1.29, 1.82) is 0 Å². The summed E-state index contributed by atoms with van der Waals surface area (Å²) in [5.41, 5.74) is 8.43. The highest BCUT2D eigenvalue weighted by Gasteiger charge is 2.08. The summed E-state index contributed by atoms with van der Waals surface area (Å²) in [5, 5.41) is 0. The lowest BCUT2D eigenvalue weighted by atomic mass is 10.1. The van der Waals surface area contributed by atoms with E-state index in [1.54, 1.807) is 7.11 Å². The van der Waals surface area contributed by atoms with Crippen LogP contribution in [0.3, 0.4) is 0 Å². The van der Waals surface area contributed by atoms with Crippen LogP contribution in [0.1, 0.15) is 5.56 Å². The molecule has 0 aliphatic heterocycles. The molecule has 0 amide bonds. The van der Waals surface area contributed by atoms with Crippen molar-refractivity contribution in [3.63, 3.8) is 0 Å². The molecule has 1 aromatic carbocycles. The number of hydrogen-bond donors (Lipinski definition) is 1. The van der Waals surface area contributed by atoms with Crippen molar-refractivity contribution < 1.29 is 4.74 Å². The zero-order valence-electron chi connectivity index (χ0n) is 9.48. The Morgan fingerprint density at radius 1 is 1.24 bits per heavy atom. The van der Waals surface area contributed by atoms with Crippen LogP contribution < -0.4 is 10.5 Å². The lowest BCUT2D eigenvalue weighted by molar-refractivity contribution is 0.393. The van der Waals surface area contributed by atoms with E-state index in [9.17, 15) is 0 Å². The molecule has 0 radical (unpaired) electrons. The molecular weight excluding hydrogens is 280 g/mol. The van der Waals surface area contributed by atoms with Gasteiger partial charge in [0.2, 0.25) is 5.88 Å². The zero-order chi connectivity index (χ0) is 12.3. The lowest BCUT2D eigenvalue weighted by Crippen LogP contribution is -2.02. The van der Waals surface area contributed by atoms with E-state index in [4.69, 9.17) is 10.5 Å². The predicted molar refractivity (Wildman–Crippen MR) is 71.8 cm³/mol. The maximum Gasteiger partial charge on any atom is 0.218 e. The largest absolute Gasteiger partial charge is 0.481 e. The molecule has 0 fully saturated rings. The molecule has 0 unspecified atom stereocenters. The first-order chi connectivity index (χ1) is 8.26. The second-order valence-corrected chi connectivity index (χ2v) is 4.40. The van der Waals surface area contributed by atoms with E-state index in [2.05, 4.69) is 20.9 Å². The fraction of sp³-hybridized carbons (Fsp3) is 0.154. The quantitative estimate of drug-likeness (QED) is 0.946. The smallest absolute Gasteiger partial charge is 0.218 e. The summed E-state index contributed by atoms with van der Waals surface area (Å²) in [5.74, 6) is 0.584. The molecule has 2 N–H and O–H groups in total. The number of nitrogens with two attached hydrogens (primary N) is 1. The first-order valence-electron chi connectivity index (χ1n) is 5.25. The number of aromatic nitrogens is 1. The van der Waals surface area contributed by atoms with Crippen molar-refractivity contribution in [1.82, 2.24) is 4.98 Å². The van der Waals surface area contributed by atoms with Crippen molar-refractivity contribution >= 4 is 15.9 Å².